The van der Waals surface area contributed by atoms with Gasteiger partial charge in [0.15, 0.2) is 0 Å². The Kier molecular flexibility index (Phi) is 1.66. The van der Waals surface area contributed by atoms with Crippen molar-refractivity contribution < 1.29 is 5.11 Å². The van der Waals surface area contributed by atoms with Gasteiger partial charge in [0.25, 0.3) is 0 Å². The van der Waals surface area contributed by atoms with Gasteiger partial charge in [-0.3, -0.25) is 0 Å². The molecule has 0 saturated carbocycles. The first-order valence-corrected chi connectivity index (χ1v) is 4.97. The molecular formula is C7H13NOS. The SMILES string of the molecule is OC1CNC2(CCSC2)C1. The van der Waals surface area contributed by atoms with E-state index in [2.05, 4.69) is 5.32 Å². The van der Waals surface area contributed by atoms with Gasteiger partial charge in [0.1, 0.15) is 0 Å². The Morgan fingerprint density at radius 3 is 3.00 bits per heavy atom. The lowest BCUT2D eigenvalue weighted by molar-refractivity contribution is 0.187. The van der Waals surface area contributed by atoms with Crippen LogP contribution in [0.3, 0.4) is 0 Å². The van der Waals surface area contributed by atoms with E-state index >= 15 is 0 Å². The highest BCUT2D eigenvalue weighted by Crippen LogP contribution is 2.34. The van der Waals surface area contributed by atoms with E-state index in [1.54, 1.807) is 0 Å². The average Bonchev–Trinajstić information content (AvgIpc) is 2.46. The number of thioether (sulfide) groups is 1. The molecule has 2 saturated heterocycles. The van der Waals surface area contributed by atoms with Crippen molar-refractivity contribution in [2.24, 2.45) is 0 Å². The fourth-order valence-corrected chi connectivity index (χ4v) is 3.27. The summed E-state index contributed by atoms with van der Waals surface area (Å²) in [5, 5.41) is 12.7. The van der Waals surface area contributed by atoms with Crippen LogP contribution in [-0.2, 0) is 0 Å². The van der Waals surface area contributed by atoms with Crippen molar-refractivity contribution >= 4 is 11.8 Å². The quantitative estimate of drug-likeness (QED) is 0.530. The molecule has 0 aromatic carbocycles. The van der Waals surface area contributed by atoms with Gasteiger partial charge in [0.05, 0.1) is 6.10 Å². The molecule has 0 bridgehead atoms. The van der Waals surface area contributed by atoms with E-state index < -0.39 is 0 Å². The van der Waals surface area contributed by atoms with Gasteiger partial charge in [-0.15, -0.1) is 0 Å². The Morgan fingerprint density at radius 2 is 2.50 bits per heavy atom. The molecule has 2 N–H and O–H groups in total. The summed E-state index contributed by atoms with van der Waals surface area (Å²) in [7, 11) is 0. The Morgan fingerprint density at radius 1 is 1.60 bits per heavy atom. The second kappa shape index (κ2) is 2.40. The summed E-state index contributed by atoms with van der Waals surface area (Å²) in [5.41, 5.74) is 0.323. The molecule has 0 aliphatic carbocycles. The van der Waals surface area contributed by atoms with E-state index in [0.29, 0.717) is 5.54 Å². The number of hydrogen-bond acceptors (Lipinski definition) is 3. The van der Waals surface area contributed by atoms with E-state index in [-0.39, 0.29) is 6.10 Å². The van der Waals surface area contributed by atoms with Crippen LogP contribution < -0.4 is 5.32 Å². The van der Waals surface area contributed by atoms with Crippen LogP contribution in [0.2, 0.25) is 0 Å². The van der Waals surface area contributed by atoms with Gasteiger partial charge in [-0.05, 0) is 18.6 Å². The fourth-order valence-electron chi connectivity index (χ4n) is 1.84. The van der Waals surface area contributed by atoms with Crippen molar-refractivity contribution in [3.63, 3.8) is 0 Å². The zero-order chi connectivity index (χ0) is 7.03. The van der Waals surface area contributed by atoms with Crippen molar-refractivity contribution in [2.75, 3.05) is 18.1 Å². The first kappa shape index (κ1) is 6.95. The number of rotatable bonds is 0. The molecule has 2 atom stereocenters. The van der Waals surface area contributed by atoms with E-state index in [1.165, 1.54) is 17.9 Å². The van der Waals surface area contributed by atoms with Crippen LogP contribution in [0.25, 0.3) is 0 Å². The summed E-state index contributed by atoms with van der Waals surface area (Å²) < 4.78 is 0. The van der Waals surface area contributed by atoms with Gasteiger partial charge in [-0.2, -0.15) is 11.8 Å². The lowest BCUT2D eigenvalue weighted by Crippen LogP contribution is -2.39. The molecule has 2 aliphatic heterocycles. The predicted molar refractivity (Wildman–Crippen MR) is 43.3 cm³/mol. The second-order valence-corrected chi connectivity index (χ2v) is 4.43. The monoisotopic (exact) mass is 159 g/mol. The Bertz CT molecular complexity index is 134. The molecule has 0 amide bonds. The summed E-state index contributed by atoms with van der Waals surface area (Å²) >= 11 is 2.00. The summed E-state index contributed by atoms with van der Waals surface area (Å²) in [4.78, 5) is 0. The van der Waals surface area contributed by atoms with Crippen LogP contribution in [0, 0.1) is 0 Å². The molecule has 2 aliphatic rings. The van der Waals surface area contributed by atoms with Crippen molar-refractivity contribution in [3.05, 3.63) is 0 Å². The molecule has 58 valence electrons. The van der Waals surface area contributed by atoms with E-state index in [9.17, 15) is 5.11 Å². The number of β-amino-alcohol motifs (C(OH)–C–C–N with tert-alkyl or cyclic N) is 1. The van der Waals surface area contributed by atoms with Crippen LogP contribution in [0.15, 0.2) is 0 Å². The number of hydrogen-bond donors (Lipinski definition) is 2. The highest BCUT2D eigenvalue weighted by Gasteiger charge is 2.40. The van der Waals surface area contributed by atoms with E-state index in [4.69, 9.17) is 0 Å². The lowest BCUT2D eigenvalue weighted by atomic mass is 9.96. The molecule has 2 rings (SSSR count). The zero-order valence-corrected chi connectivity index (χ0v) is 6.78. The Balaban J connectivity index is 2.03. The second-order valence-electron chi connectivity index (χ2n) is 3.32. The van der Waals surface area contributed by atoms with Crippen molar-refractivity contribution in [1.82, 2.24) is 5.32 Å². The first-order chi connectivity index (χ1) is 4.81. The molecule has 2 nitrogen and oxygen atoms in total. The minimum absolute atomic E-state index is 0.0845. The third-order valence-electron chi connectivity index (χ3n) is 2.44. The first-order valence-electron chi connectivity index (χ1n) is 3.82. The van der Waals surface area contributed by atoms with E-state index in [1.807, 2.05) is 11.8 Å². The molecule has 2 heterocycles. The number of aliphatic hydroxyl groups is 1. The Labute approximate surface area is 65.4 Å². The maximum absolute atomic E-state index is 9.28. The van der Waals surface area contributed by atoms with Crippen molar-refractivity contribution in [3.8, 4) is 0 Å². The molecule has 0 aromatic rings. The number of nitrogens with one attached hydrogen (secondary N) is 1. The van der Waals surface area contributed by atoms with Gasteiger partial charge < -0.3 is 10.4 Å². The highest BCUT2D eigenvalue weighted by molar-refractivity contribution is 7.99. The third-order valence-corrected chi connectivity index (χ3v) is 3.69. The van der Waals surface area contributed by atoms with Gasteiger partial charge in [0.2, 0.25) is 0 Å². The third kappa shape index (κ3) is 1.06. The molecule has 10 heavy (non-hydrogen) atoms. The predicted octanol–water partition coefficient (Wildman–Crippen LogP) is 0.216. The molecule has 3 heteroatoms. The largest absolute Gasteiger partial charge is 0.392 e. The van der Waals surface area contributed by atoms with Crippen LogP contribution in [0.4, 0.5) is 0 Å². The summed E-state index contributed by atoms with van der Waals surface area (Å²) in [6, 6.07) is 0. The summed E-state index contributed by atoms with van der Waals surface area (Å²) in [6.45, 7) is 0.806. The normalized spacial score (nSPS) is 47.1. The molecular weight excluding hydrogens is 146 g/mol. The van der Waals surface area contributed by atoms with Crippen molar-refractivity contribution in [2.45, 2.75) is 24.5 Å². The van der Waals surface area contributed by atoms with E-state index in [0.717, 1.165) is 13.0 Å². The molecule has 2 fully saturated rings. The molecule has 2 unspecified atom stereocenters. The maximum atomic E-state index is 9.28. The van der Waals surface area contributed by atoms with Crippen LogP contribution in [-0.4, -0.2) is 34.8 Å². The van der Waals surface area contributed by atoms with Gasteiger partial charge in [-0.25, -0.2) is 0 Å². The Hall–Kier alpha value is 0.270. The van der Waals surface area contributed by atoms with Gasteiger partial charge in [-0.1, -0.05) is 0 Å². The van der Waals surface area contributed by atoms with Crippen LogP contribution in [0.1, 0.15) is 12.8 Å². The zero-order valence-electron chi connectivity index (χ0n) is 5.97. The lowest BCUT2D eigenvalue weighted by Gasteiger charge is -2.21. The fraction of sp³-hybridized carbons (Fsp3) is 1.00. The smallest absolute Gasteiger partial charge is 0.0682 e. The average molecular weight is 159 g/mol. The van der Waals surface area contributed by atoms with Gasteiger partial charge in [0, 0.05) is 17.8 Å². The van der Waals surface area contributed by atoms with Crippen LogP contribution in [0.5, 0.6) is 0 Å². The minimum Gasteiger partial charge on any atom is -0.392 e. The topological polar surface area (TPSA) is 32.3 Å². The highest BCUT2D eigenvalue weighted by atomic mass is 32.2. The van der Waals surface area contributed by atoms with Crippen LogP contribution >= 0.6 is 11.8 Å². The standard InChI is InChI=1S/C7H13NOS/c9-6-3-7(8-4-6)1-2-10-5-7/h6,8-9H,1-5H2. The minimum atomic E-state index is -0.0845. The number of aliphatic hydroxyl groups excluding tert-OH is 1. The molecule has 0 aromatic heterocycles. The summed E-state index contributed by atoms with van der Waals surface area (Å²) in [5.74, 6) is 2.46. The molecule has 0 radical (unpaired) electrons. The summed E-state index contributed by atoms with van der Waals surface area (Å²) in [6.07, 6.45) is 2.13. The van der Waals surface area contributed by atoms with Crippen molar-refractivity contribution in [1.29, 1.82) is 0 Å². The van der Waals surface area contributed by atoms with Gasteiger partial charge >= 0.3 is 0 Å². The molecule has 1 spiro atoms. The maximum Gasteiger partial charge on any atom is 0.0682 e.